The summed E-state index contributed by atoms with van der Waals surface area (Å²) in [4.78, 5) is 49.8. The molecule has 1 N–H and O–H groups in total. The third-order valence-electron chi connectivity index (χ3n) is 4.63. The molecule has 1 aromatic rings. The van der Waals surface area contributed by atoms with Gasteiger partial charge < -0.3 is 10.1 Å². The van der Waals surface area contributed by atoms with Gasteiger partial charge in [0.25, 0.3) is 11.8 Å². The second-order valence-corrected chi connectivity index (χ2v) is 6.84. The fourth-order valence-corrected chi connectivity index (χ4v) is 2.79. The van der Waals surface area contributed by atoms with E-state index in [9.17, 15) is 19.2 Å². The maximum absolute atomic E-state index is 12.1. The van der Waals surface area contributed by atoms with Gasteiger partial charge in [-0.3, -0.25) is 19.4 Å². The van der Waals surface area contributed by atoms with Gasteiger partial charge in [0, 0.05) is 26.0 Å². The van der Waals surface area contributed by atoms with E-state index in [1.54, 1.807) is 24.3 Å². The molecule has 0 unspecified atom stereocenters. The zero-order valence-electron chi connectivity index (χ0n) is 17.1. The third kappa shape index (κ3) is 5.66. The summed E-state index contributed by atoms with van der Waals surface area (Å²) in [7, 11) is 2.62. The van der Waals surface area contributed by atoms with Crippen LogP contribution >= 0.6 is 0 Å². The summed E-state index contributed by atoms with van der Waals surface area (Å²) in [5.41, 5.74) is 0.851. The van der Waals surface area contributed by atoms with Crippen LogP contribution < -0.4 is 5.32 Å². The molecule has 1 saturated heterocycles. The number of hydrogen-bond donors (Lipinski definition) is 1. The predicted octanol–water partition coefficient (Wildman–Crippen LogP) is 3.16. The van der Waals surface area contributed by atoms with Gasteiger partial charge in [-0.1, -0.05) is 32.6 Å². The average Bonchev–Trinajstić information content (AvgIpc) is 2.73. The smallest absolute Gasteiger partial charge is 0.338 e. The second-order valence-electron chi connectivity index (χ2n) is 6.84. The highest BCUT2D eigenvalue weighted by atomic mass is 16.5. The van der Waals surface area contributed by atoms with Crippen LogP contribution in [-0.4, -0.2) is 54.3 Å². The van der Waals surface area contributed by atoms with Crippen LogP contribution in [0, 0.1) is 0 Å². The lowest BCUT2D eigenvalue weighted by Crippen LogP contribution is -2.53. The van der Waals surface area contributed by atoms with Crippen molar-refractivity contribution in [3.63, 3.8) is 0 Å². The number of anilines is 1. The van der Waals surface area contributed by atoms with Gasteiger partial charge in [-0.2, -0.15) is 0 Å². The maximum Gasteiger partial charge on any atom is 0.338 e. The first-order valence-electron chi connectivity index (χ1n) is 9.70. The Morgan fingerprint density at radius 3 is 2.14 bits per heavy atom. The summed E-state index contributed by atoms with van der Waals surface area (Å²) in [5, 5.41) is 2.85. The van der Waals surface area contributed by atoms with E-state index < -0.39 is 17.8 Å². The molecule has 2 rings (SSSR count). The molecule has 0 spiro atoms. The Hall–Kier alpha value is -3.16. The molecule has 8 heteroatoms. The molecule has 0 bridgehead atoms. The molecular formula is C21H27N3O5. The average molecular weight is 401 g/mol. The fraction of sp³-hybridized carbons (Fsp3) is 0.429. The van der Waals surface area contributed by atoms with E-state index in [2.05, 4.69) is 12.2 Å². The highest BCUT2D eigenvalue weighted by Gasteiger charge is 2.37. The van der Waals surface area contributed by atoms with Crippen LogP contribution in [0.4, 0.5) is 10.5 Å². The number of rotatable bonds is 9. The summed E-state index contributed by atoms with van der Waals surface area (Å²) in [6, 6.07) is 5.82. The molecule has 4 amide bonds. The lowest BCUT2D eigenvalue weighted by atomic mass is 10.1. The summed E-state index contributed by atoms with van der Waals surface area (Å²) in [5.74, 6) is -1.74. The first-order chi connectivity index (χ1) is 13.9. The number of esters is 1. The number of ether oxygens (including phenoxy) is 1. The number of urea groups is 1. The predicted molar refractivity (Wildman–Crippen MR) is 108 cm³/mol. The highest BCUT2D eigenvalue weighted by molar-refractivity contribution is 6.28. The van der Waals surface area contributed by atoms with E-state index in [1.165, 1.54) is 33.1 Å². The molecule has 29 heavy (non-hydrogen) atoms. The largest absolute Gasteiger partial charge is 0.462 e. The SMILES string of the molecule is CCCCCCCOC(=O)c1ccc(NC=C2C(=O)N(C)C(=O)N(C)C2=O)cc1. The van der Waals surface area contributed by atoms with E-state index >= 15 is 0 Å². The lowest BCUT2D eigenvalue weighted by molar-refractivity contribution is -0.134. The number of unbranched alkanes of at least 4 members (excludes halogenated alkanes) is 4. The summed E-state index contributed by atoms with van der Waals surface area (Å²) in [6.45, 7) is 2.55. The minimum Gasteiger partial charge on any atom is -0.462 e. The molecule has 0 aromatic heterocycles. The molecule has 1 fully saturated rings. The van der Waals surface area contributed by atoms with E-state index in [0.717, 1.165) is 29.1 Å². The molecule has 0 atom stereocenters. The normalized spacial score (nSPS) is 14.3. The molecule has 1 aliphatic heterocycles. The molecule has 1 aliphatic rings. The molecule has 0 saturated carbocycles. The summed E-state index contributed by atoms with van der Waals surface area (Å²) in [6.07, 6.45) is 6.67. The topological polar surface area (TPSA) is 96.0 Å². The number of nitrogens with one attached hydrogen (secondary N) is 1. The van der Waals surface area contributed by atoms with Crippen LogP contribution in [0.1, 0.15) is 49.4 Å². The molecule has 1 aromatic carbocycles. The quantitative estimate of drug-likeness (QED) is 0.296. The van der Waals surface area contributed by atoms with Crippen molar-refractivity contribution in [2.24, 2.45) is 0 Å². The summed E-state index contributed by atoms with van der Waals surface area (Å²) < 4.78 is 5.26. The van der Waals surface area contributed by atoms with Gasteiger partial charge in [0.1, 0.15) is 5.57 Å². The van der Waals surface area contributed by atoms with Gasteiger partial charge in [0.2, 0.25) is 0 Å². The van der Waals surface area contributed by atoms with Crippen LogP contribution in [0.25, 0.3) is 0 Å². The van der Waals surface area contributed by atoms with Gasteiger partial charge in [0.05, 0.1) is 12.2 Å². The van der Waals surface area contributed by atoms with Crippen LogP contribution in [0.5, 0.6) is 0 Å². The Morgan fingerprint density at radius 2 is 1.55 bits per heavy atom. The van der Waals surface area contributed by atoms with Crippen molar-refractivity contribution < 1.29 is 23.9 Å². The molecule has 8 nitrogen and oxygen atoms in total. The standard InChI is InChI=1S/C21H27N3O5/c1-4-5-6-7-8-13-29-20(27)15-9-11-16(12-10-15)22-14-17-18(25)23(2)21(28)24(3)19(17)26/h9-12,14,22H,4-8,13H2,1-3H3. The van der Waals surface area contributed by atoms with Crippen molar-refractivity contribution in [3.8, 4) is 0 Å². The van der Waals surface area contributed by atoms with E-state index in [-0.39, 0.29) is 11.5 Å². The zero-order chi connectivity index (χ0) is 21.4. The molecule has 1 heterocycles. The van der Waals surface area contributed by atoms with Crippen LogP contribution in [0.3, 0.4) is 0 Å². The Kier molecular flexibility index (Phi) is 7.94. The van der Waals surface area contributed by atoms with Crippen molar-refractivity contribution in [1.29, 1.82) is 0 Å². The minimum atomic E-state index is -0.676. The first kappa shape index (κ1) is 22.1. The monoisotopic (exact) mass is 401 g/mol. The van der Waals surface area contributed by atoms with E-state index in [4.69, 9.17) is 4.74 Å². The fourth-order valence-electron chi connectivity index (χ4n) is 2.79. The van der Waals surface area contributed by atoms with Crippen LogP contribution in [-0.2, 0) is 14.3 Å². The van der Waals surface area contributed by atoms with E-state index in [1.807, 2.05) is 0 Å². The number of hydrogen-bond acceptors (Lipinski definition) is 6. The van der Waals surface area contributed by atoms with Gasteiger partial charge in [-0.15, -0.1) is 0 Å². The Labute approximate surface area is 170 Å². The summed E-state index contributed by atoms with van der Waals surface area (Å²) >= 11 is 0. The Morgan fingerprint density at radius 1 is 0.966 bits per heavy atom. The number of nitrogens with zero attached hydrogens (tertiary/aromatic N) is 2. The minimum absolute atomic E-state index is 0.152. The number of imide groups is 2. The van der Waals surface area contributed by atoms with Crippen molar-refractivity contribution in [2.75, 3.05) is 26.0 Å². The lowest BCUT2D eigenvalue weighted by Gasteiger charge is -2.28. The number of carbonyl (C=O) groups is 4. The van der Waals surface area contributed by atoms with E-state index in [0.29, 0.717) is 17.9 Å². The number of amides is 4. The van der Waals surface area contributed by atoms with Gasteiger partial charge in [-0.25, -0.2) is 9.59 Å². The maximum atomic E-state index is 12.1. The zero-order valence-corrected chi connectivity index (χ0v) is 17.1. The number of likely N-dealkylation sites (N-methyl/N-ethyl adjacent to an activating group) is 2. The molecular weight excluding hydrogens is 374 g/mol. The molecule has 156 valence electrons. The van der Waals surface area contributed by atoms with Gasteiger partial charge in [0.15, 0.2) is 0 Å². The Balaban J connectivity index is 1.91. The van der Waals surface area contributed by atoms with Crippen LogP contribution in [0.2, 0.25) is 0 Å². The van der Waals surface area contributed by atoms with Crippen molar-refractivity contribution in [1.82, 2.24) is 9.80 Å². The van der Waals surface area contributed by atoms with Crippen LogP contribution in [0.15, 0.2) is 36.0 Å². The second kappa shape index (κ2) is 10.4. The highest BCUT2D eigenvalue weighted by Crippen LogP contribution is 2.16. The number of barbiturate groups is 1. The molecule has 0 aliphatic carbocycles. The first-order valence-corrected chi connectivity index (χ1v) is 9.70. The number of benzene rings is 1. The molecule has 0 radical (unpaired) electrons. The number of carbonyl (C=O) groups excluding carboxylic acids is 4. The van der Waals surface area contributed by atoms with Crippen molar-refractivity contribution >= 4 is 29.5 Å². The third-order valence-corrected chi connectivity index (χ3v) is 4.63. The van der Waals surface area contributed by atoms with Crippen molar-refractivity contribution in [3.05, 3.63) is 41.6 Å². The van der Waals surface area contributed by atoms with Crippen molar-refractivity contribution in [2.45, 2.75) is 39.0 Å². The Bertz CT molecular complexity index is 775. The van der Waals surface area contributed by atoms with Gasteiger partial charge in [-0.05, 0) is 30.7 Å². The van der Waals surface area contributed by atoms with Gasteiger partial charge >= 0.3 is 12.0 Å².